The number of rotatable bonds is 3. The van der Waals surface area contributed by atoms with Crippen molar-refractivity contribution in [2.24, 2.45) is 0 Å². The maximum absolute atomic E-state index is 12.9. The first-order chi connectivity index (χ1) is 13.2. The summed E-state index contributed by atoms with van der Waals surface area (Å²) in [4.78, 5) is 27.6. The molecule has 0 spiro atoms. The molecule has 0 aromatic heterocycles. The van der Waals surface area contributed by atoms with Crippen molar-refractivity contribution >= 4 is 22.9 Å². The fraction of sp³-hybridized carbons (Fsp3) is 0.300. The molecule has 2 aromatic rings. The van der Waals surface area contributed by atoms with Crippen LogP contribution in [0.15, 0.2) is 42.5 Å². The number of ketones is 2. The van der Waals surface area contributed by atoms with E-state index in [4.69, 9.17) is 18.6 Å². The Kier molecular flexibility index (Phi) is 6.48. The molecule has 0 amide bonds. The molecule has 8 nitrogen and oxygen atoms in total. The summed E-state index contributed by atoms with van der Waals surface area (Å²) in [6.45, 7) is 0. The third-order valence-corrected chi connectivity index (χ3v) is 4.58. The second kappa shape index (κ2) is 8.19. The van der Waals surface area contributed by atoms with Crippen LogP contribution in [0.1, 0.15) is 32.2 Å². The van der Waals surface area contributed by atoms with Crippen molar-refractivity contribution in [1.82, 2.24) is 4.48 Å². The fourth-order valence-electron chi connectivity index (χ4n) is 3.07. The van der Waals surface area contributed by atoms with Gasteiger partial charge in [-0.2, -0.15) is 0 Å². The monoisotopic (exact) mass is 422 g/mol. The average molecular weight is 423 g/mol. The van der Waals surface area contributed by atoms with E-state index in [9.17, 15) is 9.59 Å². The molecule has 3 rings (SSSR count). The van der Waals surface area contributed by atoms with Crippen molar-refractivity contribution in [3.8, 4) is 0 Å². The van der Waals surface area contributed by atoms with Crippen molar-refractivity contribution in [3.63, 3.8) is 0 Å². The third kappa shape index (κ3) is 5.60. The summed E-state index contributed by atoms with van der Waals surface area (Å²) in [5.41, 5.74) is 3.91. The van der Waals surface area contributed by atoms with Gasteiger partial charge in [0.1, 0.15) is 11.6 Å². The Morgan fingerprint density at radius 2 is 1.31 bits per heavy atom. The number of carbonyl (C=O) groups is 2. The van der Waals surface area contributed by atoms with E-state index in [1.165, 1.54) is 0 Å². The Bertz CT molecular complexity index is 908. The fourth-order valence-corrected chi connectivity index (χ4v) is 3.07. The number of quaternary nitrogens is 1. The van der Waals surface area contributed by atoms with Crippen LogP contribution < -0.4 is 28.0 Å². The van der Waals surface area contributed by atoms with Gasteiger partial charge < -0.3 is 4.90 Å². The maximum atomic E-state index is 12.9. The van der Waals surface area contributed by atoms with E-state index in [0.29, 0.717) is 15.6 Å². The molecule has 0 heterocycles. The van der Waals surface area contributed by atoms with Crippen LogP contribution in [0.2, 0.25) is 0 Å². The molecule has 0 fully saturated rings. The van der Waals surface area contributed by atoms with Gasteiger partial charge in [-0.05, 0) is 29.8 Å². The summed E-state index contributed by atoms with van der Waals surface area (Å²) in [5, 5.41) is 0. The van der Waals surface area contributed by atoms with Gasteiger partial charge in [-0.1, -0.05) is 12.1 Å². The van der Waals surface area contributed by atoms with Crippen LogP contribution in [0.25, 0.3) is 0 Å². The van der Waals surface area contributed by atoms with E-state index in [2.05, 4.69) is 0 Å². The topological polar surface area (TPSA) is 130 Å². The highest BCUT2D eigenvalue weighted by molar-refractivity contribution is 6.30. The number of fused-ring (bicyclic) bond motifs is 1. The molecule has 0 saturated carbocycles. The number of hydrogen-bond acceptors (Lipinski definition) is 7. The minimum Gasteiger partial charge on any atom is -0.378 e. The van der Waals surface area contributed by atoms with Crippen molar-refractivity contribution in [3.05, 3.63) is 59.2 Å². The zero-order chi connectivity index (χ0) is 22.1. The normalized spacial score (nSPS) is 16.2. The van der Waals surface area contributed by atoms with Gasteiger partial charge >= 0.3 is 0 Å². The standard InChI is InChI=1S/C20H23N2O2.ClHO4/c1-21(2)14-8-6-13(7-9-14)18-19(23)16-11-10-15(22(3,4)5)12-17(16)20(18)24;2-1(3,4)5/h6-12,18H,1-5H3;(H,2,3,4,5)/q+1;/p-1. The number of benzene rings is 2. The van der Waals surface area contributed by atoms with Crippen molar-refractivity contribution in [2.75, 3.05) is 40.1 Å². The number of carbonyl (C=O) groups excluding carboxylic acids is 2. The summed E-state index contributed by atoms with van der Waals surface area (Å²) >= 11 is 0. The molecule has 0 bridgehead atoms. The minimum atomic E-state index is -4.94. The molecule has 9 heteroatoms. The molecule has 0 radical (unpaired) electrons. The smallest absolute Gasteiger partial charge is 0.179 e. The van der Waals surface area contributed by atoms with Gasteiger partial charge in [0.25, 0.3) is 0 Å². The molecular weight excluding hydrogens is 400 g/mol. The van der Waals surface area contributed by atoms with Gasteiger partial charge in [0, 0.05) is 37.0 Å². The highest BCUT2D eigenvalue weighted by Gasteiger charge is 2.40. The highest BCUT2D eigenvalue weighted by atomic mass is 35.7. The summed E-state index contributed by atoms with van der Waals surface area (Å²) in [7, 11) is 5.10. The van der Waals surface area contributed by atoms with E-state index in [1.807, 2.05) is 76.5 Å². The van der Waals surface area contributed by atoms with E-state index in [0.717, 1.165) is 16.9 Å². The van der Waals surface area contributed by atoms with E-state index in [1.54, 1.807) is 6.07 Å². The molecule has 1 atom stereocenters. The van der Waals surface area contributed by atoms with Crippen LogP contribution in [-0.4, -0.2) is 46.8 Å². The zero-order valence-corrected chi connectivity index (χ0v) is 17.6. The summed E-state index contributed by atoms with van der Waals surface area (Å²) in [6.07, 6.45) is 0. The Morgan fingerprint density at radius 3 is 1.76 bits per heavy atom. The van der Waals surface area contributed by atoms with Crippen molar-refractivity contribution < 1.29 is 38.5 Å². The van der Waals surface area contributed by atoms with Crippen LogP contribution in [-0.2, 0) is 0 Å². The van der Waals surface area contributed by atoms with E-state index in [-0.39, 0.29) is 11.6 Å². The molecule has 1 unspecified atom stereocenters. The lowest BCUT2D eigenvalue weighted by Gasteiger charge is -2.23. The Balaban J connectivity index is 0.000000537. The lowest BCUT2D eigenvalue weighted by molar-refractivity contribution is -2.00. The van der Waals surface area contributed by atoms with E-state index < -0.39 is 16.2 Å². The van der Waals surface area contributed by atoms with Gasteiger partial charge in [0.2, 0.25) is 0 Å². The molecular formula is C20H23ClN2O6. The van der Waals surface area contributed by atoms with Gasteiger partial charge in [-0.3, -0.25) is 14.1 Å². The lowest BCUT2D eigenvalue weighted by atomic mass is 9.94. The van der Waals surface area contributed by atoms with Gasteiger partial charge in [-0.15, -0.1) is 10.2 Å². The Hall–Kier alpha value is -2.33. The zero-order valence-electron chi connectivity index (χ0n) is 16.8. The minimum absolute atomic E-state index is 0.0945. The molecule has 0 N–H and O–H groups in total. The van der Waals surface area contributed by atoms with Gasteiger partial charge in [-0.25, -0.2) is 18.6 Å². The van der Waals surface area contributed by atoms with Crippen LogP contribution in [0.4, 0.5) is 11.4 Å². The lowest BCUT2D eigenvalue weighted by Crippen LogP contribution is -2.68. The molecule has 29 heavy (non-hydrogen) atoms. The van der Waals surface area contributed by atoms with Gasteiger partial charge in [0.15, 0.2) is 11.6 Å². The number of nitrogens with zero attached hydrogens (tertiary/aromatic N) is 2. The number of Topliss-reactive ketones (excluding diaryl/α,β-unsaturated/α-hetero) is 2. The maximum Gasteiger partial charge on any atom is 0.179 e. The molecule has 1 aliphatic carbocycles. The van der Waals surface area contributed by atoms with Crippen LogP contribution >= 0.6 is 0 Å². The molecule has 156 valence electrons. The Labute approximate surface area is 171 Å². The van der Waals surface area contributed by atoms with Crippen molar-refractivity contribution in [1.29, 1.82) is 0 Å². The largest absolute Gasteiger partial charge is 0.378 e. The molecule has 1 aliphatic rings. The van der Waals surface area contributed by atoms with E-state index >= 15 is 0 Å². The van der Waals surface area contributed by atoms with Crippen LogP contribution in [0.3, 0.4) is 0 Å². The first kappa shape index (κ1) is 23.0. The summed E-state index contributed by atoms with van der Waals surface area (Å²) in [5.74, 6) is -0.901. The quantitative estimate of drug-likeness (QED) is 0.428. The second-order valence-electron chi connectivity index (χ2n) is 7.77. The molecule has 2 aromatic carbocycles. The van der Waals surface area contributed by atoms with Crippen molar-refractivity contribution in [2.45, 2.75) is 5.92 Å². The number of anilines is 1. The number of halogens is 1. The second-order valence-corrected chi connectivity index (χ2v) is 8.52. The number of hydrogen-bond donors (Lipinski definition) is 0. The highest BCUT2D eigenvalue weighted by Crippen LogP contribution is 2.36. The van der Waals surface area contributed by atoms with Crippen LogP contribution in [0, 0.1) is 10.2 Å². The molecule has 0 saturated heterocycles. The SMILES string of the molecule is CN(C)c1ccc(C2C(=O)c3ccc([N+](C)(C)C)cc3C2=O)cc1.[O-][Cl+3]([O-])([O-])[O-]. The van der Waals surface area contributed by atoms with Crippen LogP contribution in [0.5, 0.6) is 0 Å². The third-order valence-electron chi connectivity index (χ3n) is 4.58. The first-order valence-corrected chi connectivity index (χ1v) is 9.87. The first-order valence-electron chi connectivity index (χ1n) is 8.63. The Morgan fingerprint density at radius 1 is 0.828 bits per heavy atom. The van der Waals surface area contributed by atoms with Gasteiger partial charge in [0.05, 0.1) is 21.1 Å². The summed E-state index contributed by atoms with van der Waals surface area (Å²) < 4.78 is 34.6. The molecule has 0 aliphatic heterocycles. The predicted octanol–water partition coefficient (Wildman–Crippen LogP) is -1.64. The predicted molar refractivity (Wildman–Crippen MR) is 98.2 cm³/mol. The summed E-state index contributed by atoms with van der Waals surface area (Å²) in [6, 6.07) is 13.2. The average Bonchev–Trinajstić information content (AvgIpc) is 2.83.